The quantitative estimate of drug-likeness (QED) is 0.231. The van der Waals surface area contributed by atoms with E-state index in [2.05, 4.69) is 124 Å². The van der Waals surface area contributed by atoms with Gasteiger partial charge in [0.1, 0.15) is 0 Å². The molecule has 0 spiro atoms. The summed E-state index contributed by atoms with van der Waals surface area (Å²) in [6, 6.07) is 36.4. The molecule has 0 aliphatic heterocycles. The van der Waals surface area contributed by atoms with Crippen molar-refractivity contribution in [1.82, 2.24) is 0 Å². The number of hydrogen-bond donors (Lipinski definition) is 0. The van der Waals surface area contributed by atoms with E-state index in [1.54, 1.807) is 0 Å². The molecule has 1 aliphatic rings. The van der Waals surface area contributed by atoms with Gasteiger partial charge >= 0.3 is 0 Å². The zero-order valence-corrected chi connectivity index (χ0v) is 20.5. The van der Waals surface area contributed by atoms with Gasteiger partial charge in [-0.15, -0.1) is 0 Å². The fraction of sp³-hybridized carbons (Fsp3) is 0.143. The predicted molar refractivity (Wildman–Crippen MR) is 152 cm³/mol. The lowest BCUT2D eigenvalue weighted by atomic mass is 9.84. The van der Waals surface area contributed by atoms with Crippen LogP contribution in [0.25, 0.3) is 55.1 Å². The molecule has 0 heterocycles. The van der Waals surface area contributed by atoms with Gasteiger partial charge in [0, 0.05) is 0 Å². The zero-order chi connectivity index (χ0) is 23.7. The van der Waals surface area contributed by atoms with E-state index in [0.29, 0.717) is 0 Å². The maximum Gasteiger partial charge on any atom is -0.00135 e. The van der Waals surface area contributed by atoms with Crippen LogP contribution in [0.4, 0.5) is 0 Å². The first kappa shape index (κ1) is 20.5. The third kappa shape index (κ3) is 3.13. The fourth-order valence-electron chi connectivity index (χ4n) is 5.94. The lowest BCUT2D eigenvalue weighted by Crippen LogP contribution is -2.10. The molecule has 0 atom stereocenters. The first-order chi connectivity index (χ1) is 17.0. The van der Waals surface area contributed by atoms with Crippen molar-refractivity contribution in [2.45, 2.75) is 32.6 Å². The van der Waals surface area contributed by atoms with Gasteiger partial charge in [-0.3, -0.25) is 0 Å². The van der Waals surface area contributed by atoms with Crippen LogP contribution in [0.15, 0.2) is 97.1 Å². The standard InChI is InChI=1S/C35H28/c1-35(2,3)28-14-8-22(9-15-28)29-16-10-23-13-19-32-30(27-20-25-6-4-5-7-26(25)21-27)17-11-24-12-18-31(29)33(23)34(24)32/h4-20H,21H2,1-3H3. The van der Waals surface area contributed by atoms with Crippen molar-refractivity contribution >= 4 is 44.0 Å². The molecule has 0 N–H and O–H groups in total. The van der Waals surface area contributed by atoms with E-state index in [9.17, 15) is 0 Å². The molecule has 0 nitrogen and oxygen atoms in total. The second kappa shape index (κ2) is 7.30. The zero-order valence-electron chi connectivity index (χ0n) is 20.5. The Bertz CT molecular complexity index is 1770. The Kier molecular flexibility index (Phi) is 4.27. The second-order valence-electron chi connectivity index (χ2n) is 11.0. The number of hydrogen-bond acceptors (Lipinski definition) is 0. The smallest absolute Gasteiger partial charge is 0.00135 e. The van der Waals surface area contributed by atoms with Crippen LogP contribution >= 0.6 is 0 Å². The molecular weight excluding hydrogens is 420 g/mol. The molecule has 168 valence electrons. The summed E-state index contributed by atoms with van der Waals surface area (Å²) in [4.78, 5) is 0. The average Bonchev–Trinajstić information content (AvgIpc) is 3.31. The Balaban J connectivity index is 1.45. The summed E-state index contributed by atoms with van der Waals surface area (Å²) < 4.78 is 0. The number of allylic oxidation sites excluding steroid dienone is 1. The van der Waals surface area contributed by atoms with E-state index in [0.717, 1.165) is 6.42 Å². The van der Waals surface area contributed by atoms with Crippen LogP contribution in [0.3, 0.4) is 0 Å². The molecule has 0 radical (unpaired) electrons. The molecule has 6 aromatic rings. The summed E-state index contributed by atoms with van der Waals surface area (Å²) in [7, 11) is 0. The Morgan fingerprint density at radius 1 is 0.571 bits per heavy atom. The number of fused-ring (bicyclic) bond motifs is 1. The highest BCUT2D eigenvalue weighted by Crippen LogP contribution is 2.43. The van der Waals surface area contributed by atoms with Crippen molar-refractivity contribution in [1.29, 1.82) is 0 Å². The first-order valence-electron chi connectivity index (χ1n) is 12.6. The molecule has 1 aliphatic carbocycles. The molecule has 0 amide bonds. The van der Waals surface area contributed by atoms with Crippen LogP contribution in [0, 0.1) is 0 Å². The third-order valence-electron chi connectivity index (χ3n) is 7.84. The fourth-order valence-corrected chi connectivity index (χ4v) is 5.94. The van der Waals surface area contributed by atoms with E-state index in [1.165, 1.54) is 71.3 Å². The lowest BCUT2D eigenvalue weighted by molar-refractivity contribution is 0.590. The highest BCUT2D eigenvalue weighted by atomic mass is 14.2. The SMILES string of the molecule is CC(C)(C)c1ccc(-c2ccc3ccc4c(C5=Cc6ccccc6C5)ccc5ccc2c3c54)cc1. The largest absolute Gasteiger partial charge is 0.0619 e. The average molecular weight is 449 g/mol. The van der Waals surface area contributed by atoms with E-state index < -0.39 is 0 Å². The van der Waals surface area contributed by atoms with E-state index in [4.69, 9.17) is 0 Å². The van der Waals surface area contributed by atoms with Crippen molar-refractivity contribution in [3.8, 4) is 11.1 Å². The van der Waals surface area contributed by atoms with Crippen molar-refractivity contribution in [2.75, 3.05) is 0 Å². The van der Waals surface area contributed by atoms with Crippen LogP contribution in [0.1, 0.15) is 43.0 Å². The molecule has 0 heteroatoms. The predicted octanol–water partition coefficient (Wildman–Crippen LogP) is 9.65. The Morgan fingerprint density at radius 2 is 1.17 bits per heavy atom. The van der Waals surface area contributed by atoms with Gasteiger partial charge in [-0.05, 0) is 83.1 Å². The molecule has 6 aromatic carbocycles. The van der Waals surface area contributed by atoms with Crippen LogP contribution in [-0.4, -0.2) is 0 Å². The molecule has 35 heavy (non-hydrogen) atoms. The summed E-state index contributed by atoms with van der Waals surface area (Å²) in [5, 5.41) is 8.11. The van der Waals surface area contributed by atoms with Crippen LogP contribution in [-0.2, 0) is 11.8 Å². The van der Waals surface area contributed by atoms with E-state index >= 15 is 0 Å². The summed E-state index contributed by atoms with van der Waals surface area (Å²) in [6.45, 7) is 6.82. The van der Waals surface area contributed by atoms with Crippen molar-refractivity contribution < 1.29 is 0 Å². The Hall–Kier alpha value is -3.90. The molecule has 0 aromatic heterocycles. The lowest BCUT2D eigenvalue weighted by Gasteiger charge is -2.20. The van der Waals surface area contributed by atoms with Crippen LogP contribution in [0.5, 0.6) is 0 Å². The monoisotopic (exact) mass is 448 g/mol. The molecular formula is C35H28. The highest BCUT2D eigenvalue weighted by Gasteiger charge is 2.19. The Morgan fingerprint density at radius 3 is 1.83 bits per heavy atom. The van der Waals surface area contributed by atoms with Gasteiger partial charge in [-0.1, -0.05) is 124 Å². The minimum Gasteiger partial charge on any atom is -0.0619 e. The maximum atomic E-state index is 2.38. The highest BCUT2D eigenvalue weighted by molar-refractivity contribution is 6.27. The maximum absolute atomic E-state index is 2.38. The van der Waals surface area contributed by atoms with Gasteiger partial charge in [-0.2, -0.15) is 0 Å². The Labute approximate surface area is 206 Å². The molecule has 0 unspecified atom stereocenters. The van der Waals surface area contributed by atoms with Gasteiger partial charge in [0.05, 0.1) is 0 Å². The van der Waals surface area contributed by atoms with Gasteiger partial charge in [-0.25, -0.2) is 0 Å². The van der Waals surface area contributed by atoms with Gasteiger partial charge in [0.25, 0.3) is 0 Å². The van der Waals surface area contributed by atoms with Crippen LogP contribution < -0.4 is 0 Å². The van der Waals surface area contributed by atoms with Crippen LogP contribution in [0.2, 0.25) is 0 Å². The number of rotatable bonds is 2. The summed E-state index contributed by atoms with van der Waals surface area (Å²) in [5.41, 5.74) is 9.69. The van der Waals surface area contributed by atoms with Crippen molar-refractivity contribution in [3.63, 3.8) is 0 Å². The molecule has 7 rings (SSSR count). The number of benzene rings is 6. The van der Waals surface area contributed by atoms with Gasteiger partial charge < -0.3 is 0 Å². The normalized spacial score (nSPS) is 13.6. The van der Waals surface area contributed by atoms with E-state index in [1.807, 2.05) is 0 Å². The molecule has 0 saturated heterocycles. The second-order valence-corrected chi connectivity index (χ2v) is 11.0. The summed E-state index contributed by atoms with van der Waals surface area (Å²) in [6.07, 6.45) is 3.38. The third-order valence-corrected chi connectivity index (χ3v) is 7.84. The molecule has 0 bridgehead atoms. The minimum absolute atomic E-state index is 0.159. The minimum atomic E-state index is 0.159. The molecule has 0 fully saturated rings. The molecule has 0 saturated carbocycles. The van der Waals surface area contributed by atoms with Gasteiger partial charge in [0.15, 0.2) is 0 Å². The summed E-state index contributed by atoms with van der Waals surface area (Å²) >= 11 is 0. The van der Waals surface area contributed by atoms with Crippen molar-refractivity contribution in [2.24, 2.45) is 0 Å². The van der Waals surface area contributed by atoms with E-state index in [-0.39, 0.29) is 5.41 Å². The van der Waals surface area contributed by atoms with Gasteiger partial charge in [0.2, 0.25) is 0 Å². The topological polar surface area (TPSA) is 0 Å². The van der Waals surface area contributed by atoms with Crippen molar-refractivity contribution in [3.05, 3.63) is 119 Å². The summed E-state index contributed by atoms with van der Waals surface area (Å²) in [5.74, 6) is 0. The first-order valence-corrected chi connectivity index (χ1v) is 12.6.